The first-order valence-electron chi connectivity index (χ1n) is 9.65. The third-order valence-corrected chi connectivity index (χ3v) is 6.54. The van der Waals surface area contributed by atoms with Crippen LogP contribution >= 0.6 is 47.2 Å². The summed E-state index contributed by atoms with van der Waals surface area (Å²) in [5, 5.41) is 0.789. The molecule has 0 atom stereocenters. The number of rotatable bonds is 7. The number of para-hydroxylation sites is 1. The van der Waals surface area contributed by atoms with Crippen molar-refractivity contribution in [3.8, 4) is 11.5 Å². The molecule has 0 spiro atoms. The molecule has 1 heterocycles. The molecule has 1 fully saturated rings. The summed E-state index contributed by atoms with van der Waals surface area (Å²) in [6.45, 7) is 0.875. The molecule has 0 bridgehead atoms. The van der Waals surface area contributed by atoms with Gasteiger partial charge in [0.25, 0.3) is 5.91 Å². The number of thioether (sulfide) groups is 1. The first-order valence-corrected chi connectivity index (χ1v) is 11.6. The zero-order valence-corrected chi connectivity index (χ0v) is 19.8. The van der Waals surface area contributed by atoms with E-state index in [2.05, 4.69) is 0 Å². The maximum absolute atomic E-state index is 12.9. The molecule has 1 amide bonds. The van der Waals surface area contributed by atoms with E-state index in [-0.39, 0.29) is 5.91 Å². The van der Waals surface area contributed by atoms with Crippen molar-refractivity contribution >= 4 is 69.2 Å². The summed E-state index contributed by atoms with van der Waals surface area (Å²) < 4.78 is 11.8. The van der Waals surface area contributed by atoms with Gasteiger partial charge >= 0.3 is 0 Å². The molecule has 0 aromatic heterocycles. The number of ether oxygens (including phenoxy) is 2. The van der Waals surface area contributed by atoms with Gasteiger partial charge in [-0.15, -0.1) is 0 Å². The van der Waals surface area contributed by atoms with Crippen LogP contribution in [0.2, 0.25) is 10.0 Å². The SMILES string of the molecule is O=C1/C(=C/c2ccc(OCCOc3ccccc3)cc2)SC(=S)N1c1ccc(Cl)c(Cl)c1. The van der Waals surface area contributed by atoms with Crippen LogP contribution in [0.3, 0.4) is 0 Å². The number of amides is 1. The van der Waals surface area contributed by atoms with Crippen LogP contribution in [0, 0.1) is 0 Å². The van der Waals surface area contributed by atoms with Crippen molar-refractivity contribution in [3.63, 3.8) is 0 Å². The Bertz CT molecular complexity index is 1170. The molecule has 8 heteroatoms. The van der Waals surface area contributed by atoms with Gasteiger partial charge in [0, 0.05) is 0 Å². The topological polar surface area (TPSA) is 38.8 Å². The van der Waals surface area contributed by atoms with Crippen molar-refractivity contribution < 1.29 is 14.3 Å². The average molecular weight is 502 g/mol. The Balaban J connectivity index is 1.36. The zero-order chi connectivity index (χ0) is 22.5. The largest absolute Gasteiger partial charge is 0.490 e. The van der Waals surface area contributed by atoms with E-state index in [4.69, 9.17) is 44.9 Å². The van der Waals surface area contributed by atoms with Crippen molar-refractivity contribution in [3.05, 3.63) is 93.3 Å². The highest BCUT2D eigenvalue weighted by Gasteiger charge is 2.33. The van der Waals surface area contributed by atoms with Crippen LogP contribution < -0.4 is 14.4 Å². The van der Waals surface area contributed by atoms with Gasteiger partial charge in [0.05, 0.1) is 20.6 Å². The molecule has 3 aromatic carbocycles. The van der Waals surface area contributed by atoms with Crippen LogP contribution in [0.4, 0.5) is 5.69 Å². The Hall–Kier alpha value is -2.51. The zero-order valence-electron chi connectivity index (χ0n) is 16.7. The lowest BCUT2D eigenvalue weighted by Crippen LogP contribution is -2.27. The van der Waals surface area contributed by atoms with Gasteiger partial charge in [-0.2, -0.15) is 0 Å². The maximum Gasteiger partial charge on any atom is 0.270 e. The Morgan fingerprint density at radius 2 is 1.53 bits per heavy atom. The van der Waals surface area contributed by atoms with Crippen molar-refractivity contribution in [1.29, 1.82) is 0 Å². The Kier molecular flexibility index (Phi) is 7.37. The minimum Gasteiger partial charge on any atom is -0.490 e. The highest BCUT2D eigenvalue weighted by molar-refractivity contribution is 8.27. The van der Waals surface area contributed by atoms with E-state index in [1.807, 2.05) is 54.6 Å². The Labute approximate surface area is 205 Å². The number of hydrogen-bond donors (Lipinski definition) is 0. The van der Waals surface area contributed by atoms with Gasteiger partial charge in [0.1, 0.15) is 24.7 Å². The normalized spacial score (nSPS) is 14.8. The Morgan fingerprint density at radius 1 is 0.875 bits per heavy atom. The van der Waals surface area contributed by atoms with Crippen LogP contribution in [0.15, 0.2) is 77.7 Å². The van der Waals surface area contributed by atoms with Crippen molar-refractivity contribution in [2.75, 3.05) is 18.1 Å². The minimum absolute atomic E-state index is 0.197. The lowest BCUT2D eigenvalue weighted by molar-refractivity contribution is -0.113. The van der Waals surface area contributed by atoms with E-state index in [9.17, 15) is 4.79 Å². The molecule has 0 unspecified atom stereocenters. The first-order chi connectivity index (χ1) is 15.5. The van der Waals surface area contributed by atoms with Crippen LogP contribution in [0.1, 0.15) is 5.56 Å². The number of thiocarbonyl (C=S) groups is 1. The highest BCUT2D eigenvalue weighted by Crippen LogP contribution is 2.38. The van der Waals surface area contributed by atoms with E-state index in [0.29, 0.717) is 38.2 Å². The van der Waals surface area contributed by atoms with Gasteiger partial charge in [0.2, 0.25) is 0 Å². The lowest BCUT2D eigenvalue weighted by Gasteiger charge is -2.15. The summed E-state index contributed by atoms with van der Waals surface area (Å²) in [5.74, 6) is 1.34. The predicted octanol–water partition coefficient (Wildman–Crippen LogP) is 6.86. The van der Waals surface area contributed by atoms with E-state index >= 15 is 0 Å². The molecular formula is C24H17Cl2NO3S2. The molecule has 162 valence electrons. The van der Waals surface area contributed by atoms with Crippen LogP contribution in [0.5, 0.6) is 11.5 Å². The van der Waals surface area contributed by atoms with Crippen LogP contribution in [-0.2, 0) is 4.79 Å². The van der Waals surface area contributed by atoms with Gasteiger partial charge < -0.3 is 9.47 Å². The summed E-state index contributed by atoms with van der Waals surface area (Å²) in [4.78, 5) is 14.9. The second-order valence-corrected chi connectivity index (χ2v) is 9.18. The van der Waals surface area contributed by atoms with Crippen molar-refractivity contribution in [1.82, 2.24) is 0 Å². The van der Waals surface area contributed by atoms with E-state index in [0.717, 1.165) is 17.1 Å². The van der Waals surface area contributed by atoms with Gasteiger partial charge in [0.15, 0.2) is 4.32 Å². The second kappa shape index (κ2) is 10.4. The highest BCUT2D eigenvalue weighted by atomic mass is 35.5. The molecule has 0 aliphatic carbocycles. The van der Waals surface area contributed by atoms with Gasteiger partial charge in [-0.1, -0.05) is 77.5 Å². The maximum atomic E-state index is 12.9. The van der Waals surface area contributed by atoms with Crippen LogP contribution in [0.25, 0.3) is 6.08 Å². The smallest absolute Gasteiger partial charge is 0.270 e. The third-order valence-electron chi connectivity index (χ3n) is 4.50. The average Bonchev–Trinajstić information content (AvgIpc) is 3.08. The van der Waals surface area contributed by atoms with E-state index < -0.39 is 0 Å². The minimum atomic E-state index is -0.197. The standard InChI is InChI=1S/C24H17Cl2NO3S2/c25-20-11-8-17(15-21(20)26)27-23(28)22(32-24(27)31)14-16-6-9-19(10-7-16)30-13-12-29-18-4-2-1-3-5-18/h1-11,14-15H,12-13H2/b22-14-. The fourth-order valence-electron chi connectivity index (χ4n) is 2.96. The van der Waals surface area contributed by atoms with Gasteiger partial charge in [-0.3, -0.25) is 9.69 Å². The molecule has 0 saturated carbocycles. The molecule has 1 aliphatic heterocycles. The fraction of sp³-hybridized carbons (Fsp3) is 0.0833. The molecule has 0 radical (unpaired) electrons. The molecule has 3 aromatic rings. The molecule has 32 heavy (non-hydrogen) atoms. The predicted molar refractivity (Wildman–Crippen MR) is 136 cm³/mol. The number of carbonyl (C=O) groups excluding carboxylic acids is 1. The number of carbonyl (C=O) groups is 1. The molecule has 1 saturated heterocycles. The number of nitrogens with zero attached hydrogens (tertiary/aromatic N) is 1. The molecule has 4 nitrogen and oxygen atoms in total. The molecular weight excluding hydrogens is 485 g/mol. The quantitative estimate of drug-likeness (QED) is 0.201. The van der Waals surface area contributed by atoms with Gasteiger partial charge in [-0.25, -0.2) is 0 Å². The van der Waals surface area contributed by atoms with Gasteiger partial charge in [-0.05, 0) is 54.1 Å². The number of hydrogen-bond acceptors (Lipinski definition) is 5. The van der Waals surface area contributed by atoms with Crippen LogP contribution in [-0.4, -0.2) is 23.4 Å². The Morgan fingerprint density at radius 3 is 2.19 bits per heavy atom. The summed E-state index contributed by atoms with van der Waals surface area (Å²) in [6, 6.07) is 22.1. The monoisotopic (exact) mass is 501 g/mol. The van der Waals surface area contributed by atoms with Crippen molar-refractivity contribution in [2.45, 2.75) is 0 Å². The molecule has 1 aliphatic rings. The van der Waals surface area contributed by atoms with Crippen molar-refractivity contribution in [2.24, 2.45) is 0 Å². The van der Waals surface area contributed by atoms with E-state index in [1.54, 1.807) is 24.3 Å². The molecule has 0 N–H and O–H groups in total. The third kappa shape index (κ3) is 5.45. The number of anilines is 1. The van der Waals surface area contributed by atoms with E-state index in [1.165, 1.54) is 16.7 Å². The summed E-state index contributed by atoms with van der Waals surface area (Å²) >= 11 is 18.7. The second-order valence-electron chi connectivity index (χ2n) is 6.69. The lowest BCUT2D eigenvalue weighted by atomic mass is 10.2. The fourth-order valence-corrected chi connectivity index (χ4v) is 4.55. The summed E-state index contributed by atoms with van der Waals surface area (Å²) in [6.07, 6.45) is 1.80. The first kappa shape index (κ1) is 22.7. The number of halogens is 2. The summed E-state index contributed by atoms with van der Waals surface area (Å²) in [5.41, 5.74) is 1.46. The number of benzene rings is 3. The molecule has 4 rings (SSSR count). The summed E-state index contributed by atoms with van der Waals surface area (Å²) in [7, 11) is 0.